The second-order valence-electron chi connectivity index (χ2n) is 31.0. The predicted molar refractivity (Wildman–Crippen MR) is 377 cm³/mol. The third-order valence-electron chi connectivity index (χ3n) is 19.2. The molecule has 6 fully saturated rings. The molecule has 4 N–H and O–H groups in total. The molecule has 3 amide bonds. The van der Waals surface area contributed by atoms with E-state index in [9.17, 15) is 36.0 Å². The number of sulfonamides is 2. The van der Waals surface area contributed by atoms with Crippen LogP contribution in [0.5, 0.6) is 11.8 Å². The van der Waals surface area contributed by atoms with Gasteiger partial charge in [0, 0.05) is 74.2 Å². The van der Waals surface area contributed by atoms with Crippen molar-refractivity contribution < 1.29 is 60.1 Å². The maximum atomic E-state index is 13.0. The fourth-order valence-electron chi connectivity index (χ4n) is 13.8. The van der Waals surface area contributed by atoms with Crippen molar-refractivity contribution >= 4 is 67.3 Å². The highest BCUT2D eigenvalue weighted by Gasteiger charge is 2.45. The molecule has 2 saturated heterocycles. The zero-order chi connectivity index (χ0) is 73.0. The van der Waals surface area contributed by atoms with Gasteiger partial charge in [-0.15, -0.1) is 10.2 Å². The minimum Gasteiger partial charge on any atom is -0.478 e. The molecule has 2 atom stereocenters. The van der Waals surface area contributed by atoms with Gasteiger partial charge in [0.1, 0.15) is 21.5 Å². The van der Waals surface area contributed by atoms with Crippen molar-refractivity contribution in [1.82, 2.24) is 63.6 Å². The number of halogens is 2. The van der Waals surface area contributed by atoms with Gasteiger partial charge in [-0.3, -0.25) is 14.2 Å². The van der Waals surface area contributed by atoms with Crippen LogP contribution in [0.1, 0.15) is 193 Å². The second kappa shape index (κ2) is 31.3. The molecule has 0 spiro atoms. The van der Waals surface area contributed by atoms with Gasteiger partial charge in [-0.25, -0.2) is 52.0 Å². The Morgan fingerprint density at radius 2 is 0.980 bits per heavy atom. The summed E-state index contributed by atoms with van der Waals surface area (Å²) in [5.74, 6) is 5.64. The molecule has 0 bridgehead atoms. The first-order chi connectivity index (χ1) is 47.5. The van der Waals surface area contributed by atoms with Crippen LogP contribution in [-0.2, 0) is 42.6 Å². The van der Waals surface area contributed by atoms with Gasteiger partial charge >= 0.3 is 18.2 Å². The number of likely N-dealkylation sites (tertiary alicyclic amines) is 2. The molecule has 2 aliphatic heterocycles. The quantitative estimate of drug-likeness (QED) is 0.0403. The minimum absolute atomic E-state index is 0.0276. The van der Waals surface area contributed by atoms with E-state index < -0.39 is 43.1 Å². The van der Waals surface area contributed by atoms with Crippen molar-refractivity contribution in [2.75, 3.05) is 26.3 Å². The second-order valence-corrected chi connectivity index (χ2v) is 34.9. The number of nitrogens with zero attached hydrogens (tertiary/aromatic N) is 12. The van der Waals surface area contributed by atoms with Crippen molar-refractivity contribution in [2.45, 2.75) is 217 Å². The van der Waals surface area contributed by atoms with Gasteiger partial charge < -0.3 is 33.9 Å². The number of rotatable bonds is 27. The van der Waals surface area contributed by atoms with E-state index in [2.05, 4.69) is 44.2 Å². The number of carbonyl (C=O) groups excluding carboxylic acids is 3. The van der Waals surface area contributed by atoms with E-state index in [0.717, 1.165) is 86.9 Å². The van der Waals surface area contributed by atoms with Crippen molar-refractivity contribution in [1.29, 1.82) is 0 Å². The van der Waals surface area contributed by atoms with Crippen molar-refractivity contribution in [2.24, 2.45) is 52.5 Å². The molecule has 0 radical (unpaired) electrons. The lowest BCUT2D eigenvalue weighted by Gasteiger charge is -2.33. The number of aryl methyl sites for hydroxylation is 2. The first-order valence-electron chi connectivity index (χ1n) is 35.1. The average molecular weight is 1480 g/mol. The van der Waals surface area contributed by atoms with Crippen LogP contribution < -0.4 is 19.3 Å². The molecule has 31 heteroatoms. The van der Waals surface area contributed by atoms with E-state index in [1.165, 1.54) is 95.7 Å². The number of ether oxygens (including phenoxy) is 4. The lowest BCUT2D eigenvalue weighted by molar-refractivity contribution is 0.0118. The maximum absolute atomic E-state index is 13.0. The Balaban J connectivity index is 0.000000181. The van der Waals surface area contributed by atoms with Crippen LogP contribution in [0.25, 0.3) is 11.6 Å². The van der Waals surface area contributed by atoms with E-state index in [4.69, 9.17) is 52.4 Å². The first-order valence-corrected chi connectivity index (χ1v) is 38.9. The van der Waals surface area contributed by atoms with Crippen molar-refractivity contribution in [3.8, 4) is 23.4 Å². The lowest BCUT2D eigenvalue weighted by Crippen LogP contribution is -2.45. The Bertz CT molecular complexity index is 4100. The minimum atomic E-state index is -4.28. The van der Waals surface area contributed by atoms with Gasteiger partial charge in [-0.2, -0.15) is 18.6 Å². The molecule has 27 nitrogen and oxygen atoms in total. The highest BCUT2D eigenvalue weighted by atomic mass is 35.5. The summed E-state index contributed by atoms with van der Waals surface area (Å²) >= 11 is 12.3. The summed E-state index contributed by atoms with van der Waals surface area (Å²) in [7, 11) is -8.04. The SMILES string of the molecule is CC(C)(C)OC(=O)N1CC(CCCn2ccc(S(=O)(=O)NC(=O)c3ccc(-n4ccc(OCCC(C5CC5)C5CC5)n4)nc3Cl)n2)CC1(C)C.CC(C)(C)OC(=O)N1CC(CCCn2ccc(S(N)(=O)=O)n2)CC1(C)C.O=C(O)c1ccc(-n2ccc(OCCC(C3CC3)C3CC3)n2)nc1Cl. The molecule has 6 aromatic heterocycles. The molecule has 4 saturated carbocycles. The third-order valence-corrected chi connectivity index (χ3v) is 21.8. The zero-order valence-corrected chi connectivity index (χ0v) is 62.6. The Morgan fingerprint density at radius 3 is 1.35 bits per heavy atom. The number of pyridine rings is 2. The van der Waals surface area contributed by atoms with Crippen molar-refractivity contribution in [3.05, 3.63) is 94.8 Å². The van der Waals surface area contributed by atoms with Gasteiger partial charge in [0.25, 0.3) is 26.0 Å². The summed E-state index contributed by atoms with van der Waals surface area (Å²) in [6.45, 7) is 23.0. The molecule has 12 rings (SSSR count). The number of hydrogen-bond acceptors (Lipinski definition) is 18. The van der Waals surface area contributed by atoms with E-state index in [-0.39, 0.29) is 60.7 Å². The highest BCUT2D eigenvalue weighted by Crippen LogP contribution is 2.52. The van der Waals surface area contributed by atoms with Gasteiger partial charge in [0.2, 0.25) is 11.8 Å². The molecular formula is C70H98Cl2N14O13S2. The molecule has 552 valence electrons. The summed E-state index contributed by atoms with van der Waals surface area (Å²) in [4.78, 5) is 61.1. The smallest absolute Gasteiger partial charge is 0.410 e. The van der Waals surface area contributed by atoms with Crippen LogP contribution in [0.2, 0.25) is 10.3 Å². The molecular weight excluding hydrogens is 1380 g/mol. The molecule has 6 aromatic rings. The fourth-order valence-corrected chi connectivity index (χ4v) is 15.7. The Morgan fingerprint density at radius 1 is 0.584 bits per heavy atom. The third kappa shape index (κ3) is 21.6. The Labute approximate surface area is 602 Å². The molecule has 2 unspecified atom stereocenters. The van der Waals surface area contributed by atoms with Crippen LogP contribution in [0.15, 0.2) is 83.4 Å². The van der Waals surface area contributed by atoms with Crippen molar-refractivity contribution in [3.63, 3.8) is 0 Å². The summed E-state index contributed by atoms with van der Waals surface area (Å²) < 4.78 is 79.6. The molecule has 0 aromatic carbocycles. The van der Waals surface area contributed by atoms with E-state index in [1.54, 1.807) is 52.6 Å². The van der Waals surface area contributed by atoms with Gasteiger partial charge in [0.05, 0.1) is 24.3 Å². The van der Waals surface area contributed by atoms with Gasteiger partial charge in [-0.1, -0.05) is 23.2 Å². The number of nitrogens with one attached hydrogen (secondary N) is 1. The number of carbonyl (C=O) groups is 4. The number of aromatic nitrogens is 10. The summed E-state index contributed by atoms with van der Waals surface area (Å²) in [5.41, 5.74) is -1.76. The number of amides is 3. The van der Waals surface area contributed by atoms with E-state index in [0.29, 0.717) is 68.7 Å². The highest BCUT2D eigenvalue weighted by molar-refractivity contribution is 7.90. The summed E-state index contributed by atoms with van der Waals surface area (Å²) in [6, 6.07) is 12.2. The zero-order valence-electron chi connectivity index (χ0n) is 59.5. The largest absolute Gasteiger partial charge is 0.478 e. The molecule has 6 aliphatic rings. The van der Waals surface area contributed by atoms with Crippen LogP contribution in [0, 0.1) is 47.3 Å². The van der Waals surface area contributed by atoms with Crippen LogP contribution in [0.3, 0.4) is 0 Å². The Hall–Kier alpha value is -7.34. The number of primary sulfonamides is 1. The number of nitrogens with two attached hydrogens (primary N) is 1. The molecule has 101 heavy (non-hydrogen) atoms. The van der Waals surface area contributed by atoms with Gasteiger partial charge in [-0.05, 0) is 256 Å². The molecule has 8 heterocycles. The summed E-state index contributed by atoms with van der Waals surface area (Å²) in [5, 5.41) is 30.4. The predicted octanol–water partition coefficient (Wildman–Crippen LogP) is 12.4. The number of carboxylic acids is 1. The normalized spacial score (nSPS) is 19.0. The maximum Gasteiger partial charge on any atom is 0.410 e. The van der Waals surface area contributed by atoms with Crippen LogP contribution in [-0.4, -0.2) is 153 Å². The number of carboxylic acid groups (broad SMARTS) is 1. The summed E-state index contributed by atoms with van der Waals surface area (Å²) in [6.07, 6.45) is 24.1. The monoisotopic (exact) mass is 1480 g/mol. The average Bonchev–Trinajstić information content (AvgIpc) is 1.72. The van der Waals surface area contributed by atoms with Crippen LogP contribution in [0.4, 0.5) is 9.59 Å². The van der Waals surface area contributed by atoms with E-state index in [1.807, 2.05) is 65.0 Å². The topological polar surface area (TPSA) is 335 Å². The molecule has 4 aliphatic carbocycles. The van der Waals surface area contributed by atoms with Crippen LogP contribution >= 0.6 is 23.2 Å². The first kappa shape index (κ1) is 76.3. The van der Waals surface area contributed by atoms with Gasteiger partial charge in [0.15, 0.2) is 21.7 Å². The Kier molecular flexibility index (Phi) is 23.7. The standard InChI is InChI=1S/C35H48ClN7O6S.C18H20ClN3O3.C17H30N4O4S/c1-34(2,3)49-33(45)42-22-23(21-35(42,4)5)7-6-17-41-18-15-30(39-41)50(46,47)40-32(44)27-12-13-28(37-31(27)36)43-19-14-29(38-43)48-20-16-26(24-8-9-24)25-10-11-25;19-17-14(18(23)24)5-6-15(20-17)22-9-7-16(21-22)25-10-8-13(11-1-2-11)12-3-4-12;1-16(2,3)25-15(22)21-12-13(11-17(21,4)5)7-6-9-20-10-8-14(19-20)26(18,23)24/h12-15,18-19,23-26H,6-11,16-17,20-22H2,1-5H3,(H,40,44);5-7,9,11-13H,1-4,8,10H2,(H,23,24);8,10,13H,6-7,9,11-12H2,1-5H3,(H2,18,23,24). The lowest BCUT2D eigenvalue weighted by atomic mass is 9.93. The number of hydrogen-bond donors (Lipinski definition) is 3. The van der Waals surface area contributed by atoms with E-state index >= 15 is 0 Å². The fraction of sp³-hybridized carbons (Fsp3) is 0.629. The number of aromatic carboxylic acids is 1.